The van der Waals surface area contributed by atoms with Gasteiger partial charge in [-0.15, -0.1) is 11.6 Å². The van der Waals surface area contributed by atoms with Crippen LogP contribution in [0.1, 0.15) is 37.4 Å². The number of alkyl halides is 1. The summed E-state index contributed by atoms with van der Waals surface area (Å²) in [5, 5.41) is 0. The first-order chi connectivity index (χ1) is 9.26. The van der Waals surface area contributed by atoms with Crippen LogP contribution in [0.2, 0.25) is 0 Å². The van der Waals surface area contributed by atoms with E-state index in [0.29, 0.717) is 12.0 Å². The second kappa shape index (κ2) is 7.11. The van der Waals surface area contributed by atoms with Crippen LogP contribution in [0, 0.1) is 0 Å². The molecule has 0 saturated carbocycles. The fraction of sp³-hybridized carbons (Fsp3) is 0.667. The number of methoxy groups -OCH3 is 1. The predicted molar refractivity (Wildman–Crippen MR) is 80.0 cm³/mol. The summed E-state index contributed by atoms with van der Waals surface area (Å²) >= 11 is 5.99. The molecule has 106 valence electrons. The van der Waals surface area contributed by atoms with Gasteiger partial charge in [-0.3, -0.25) is 0 Å². The number of rotatable bonds is 5. The van der Waals surface area contributed by atoms with Crippen molar-refractivity contribution in [2.45, 2.75) is 44.6 Å². The topological polar surface area (TPSA) is 25.4 Å². The molecule has 1 aromatic rings. The van der Waals surface area contributed by atoms with Crippen molar-refractivity contribution in [3.63, 3.8) is 0 Å². The van der Waals surface area contributed by atoms with Crippen LogP contribution in [0.15, 0.2) is 12.1 Å². The monoisotopic (exact) mass is 282 g/mol. The van der Waals surface area contributed by atoms with E-state index < -0.39 is 0 Å². The van der Waals surface area contributed by atoms with E-state index in [4.69, 9.17) is 21.3 Å². The molecular formula is C15H23ClN2O. The summed E-state index contributed by atoms with van der Waals surface area (Å²) in [7, 11) is 1.80. The first-order valence-electron chi connectivity index (χ1n) is 7.10. The Balaban J connectivity index is 2.12. The van der Waals surface area contributed by atoms with Crippen molar-refractivity contribution in [3.05, 3.63) is 23.4 Å². The van der Waals surface area contributed by atoms with Gasteiger partial charge in [0.05, 0.1) is 6.10 Å². The van der Waals surface area contributed by atoms with E-state index in [-0.39, 0.29) is 0 Å². The van der Waals surface area contributed by atoms with E-state index in [0.717, 1.165) is 50.3 Å². The molecular weight excluding hydrogens is 260 g/mol. The molecule has 1 fully saturated rings. The predicted octanol–water partition coefficient (Wildman–Crippen LogP) is 3.39. The van der Waals surface area contributed by atoms with E-state index in [1.165, 1.54) is 5.56 Å². The number of hydrogen-bond donors (Lipinski definition) is 0. The maximum absolute atomic E-state index is 5.99. The number of ether oxygens (including phenoxy) is 1. The van der Waals surface area contributed by atoms with Crippen LogP contribution in [0.3, 0.4) is 0 Å². The molecule has 1 aliphatic heterocycles. The third kappa shape index (κ3) is 3.83. The Hall–Kier alpha value is -0.800. The summed E-state index contributed by atoms with van der Waals surface area (Å²) in [4.78, 5) is 7.12. The number of hydrogen-bond acceptors (Lipinski definition) is 3. The lowest BCUT2D eigenvalue weighted by atomic mass is 10.1. The number of aryl methyl sites for hydroxylation is 1. The van der Waals surface area contributed by atoms with E-state index in [1.807, 2.05) is 0 Å². The van der Waals surface area contributed by atoms with Gasteiger partial charge in [0.1, 0.15) is 5.82 Å². The van der Waals surface area contributed by atoms with Crippen molar-refractivity contribution < 1.29 is 4.74 Å². The molecule has 0 amide bonds. The number of aromatic nitrogens is 1. The Morgan fingerprint density at radius 1 is 1.37 bits per heavy atom. The van der Waals surface area contributed by atoms with Gasteiger partial charge >= 0.3 is 0 Å². The molecule has 2 heterocycles. The zero-order valence-electron chi connectivity index (χ0n) is 11.9. The minimum absolute atomic E-state index is 0.405. The first-order valence-corrected chi connectivity index (χ1v) is 7.63. The molecule has 0 aromatic carbocycles. The van der Waals surface area contributed by atoms with Gasteiger partial charge in [-0.2, -0.15) is 0 Å². The SMILES string of the molecule is CCCc1cc(CCl)cc(N2CCC(OC)CC2)n1. The zero-order valence-corrected chi connectivity index (χ0v) is 12.6. The molecule has 0 unspecified atom stereocenters. The molecule has 0 atom stereocenters. The summed E-state index contributed by atoms with van der Waals surface area (Å²) in [6, 6.07) is 4.25. The second-order valence-electron chi connectivity index (χ2n) is 5.13. The second-order valence-corrected chi connectivity index (χ2v) is 5.40. The van der Waals surface area contributed by atoms with Crippen molar-refractivity contribution in [2.24, 2.45) is 0 Å². The maximum Gasteiger partial charge on any atom is 0.129 e. The van der Waals surface area contributed by atoms with Gasteiger partial charge in [-0.1, -0.05) is 13.3 Å². The molecule has 19 heavy (non-hydrogen) atoms. The Labute approximate surface area is 120 Å². The first kappa shape index (κ1) is 14.6. The van der Waals surface area contributed by atoms with Crippen LogP contribution in [0.5, 0.6) is 0 Å². The summed E-state index contributed by atoms with van der Waals surface area (Å²) in [5.74, 6) is 1.64. The van der Waals surface area contributed by atoms with Gasteiger partial charge in [0.15, 0.2) is 0 Å². The average Bonchev–Trinajstić information content (AvgIpc) is 2.47. The molecule has 1 saturated heterocycles. The third-order valence-corrected chi connectivity index (χ3v) is 3.99. The van der Waals surface area contributed by atoms with Crippen molar-refractivity contribution in [1.29, 1.82) is 0 Å². The van der Waals surface area contributed by atoms with E-state index in [2.05, 4.69) is 24.0 Å². The molecule has 0 N–H and O–H groups in total. The number of nitrogens with zero attached hydrogens (tertiary/aromatic N) is 2. The van der Waals surface area contributed by atoms with E-state index in [9.17, 15) is 0 Å². The van der Waals surface area contributed by atoms with Crippen molar-refractivity contribution in [3.8, 4) is 0 Å². The minimum atomic E-state index is 0.405. The molecule has 0 aliphatic carbocycles. The van der Waals surface area contributed by atoms with Crippen LogP contribution in [0.25, 0.3) is 0 Å². The Kier molecular flexibility index (Phi) is 5.46. The van der Waals surface area contributed by atoms with Crippen LogP contribution in [-0.2, 0) is 17.0 Å². The highest BCUT2D eigenvalue weighted by atomic mass is 35.5. The molecule has 1 aliphatic rings. The van der Waals surface area contributed by atoms with Gasteiger partial charge in [0.25, 0.3) is 0 Å². The number of halogens is 1. The Morgan fingerprint density at radius 3 is 2.68 bits per heavy atom. The largest absolute Gasteiger partial charge is 0.381 e. The highest BCUT2D eigenvalue weighted by molar-refractivity contribution is 6.17. The van der Waals surface area contributed by atoms with Crippen LogP contribution in [0.4, 0.5) is 5.82 Å². The number of piperidine rings is 1. The lowest BCUT2D eigenvalue weighted by molar-refractivity contribution is 0.0818. The molecule has 3 nitrogen and oxygen atoms in total. The summed E-state index contributed by atoms with van der Waals surface area (Å²) in [6.07, 6.45) is 4.69. The summed E-state index contributed by atoms with van der Waals surface area (Å²) in [6.45, 7) is 4.21. The van der Waals surface area contributed by atoms with E-state index in [1.54, 1.807) is 7.11 Å². The Morgan fingerprint density at radius 2 is 2.11 bits per heavy atom. The molecule has 0 bridgehead atoms. The van der Waals surface area contributed by atoms with Crippen molar-refractivity contribution in [1.82, 2.24) is 4.98 Å². The number of anilines is 1. The lowest BCUT2D eigenvalue weighted by Gasteiger charge is -2.32. The van der Waals surface area contributed by atoms with Crippen LogP contribution in [-0.4, -0.2) is 31.3 Å². The summed E-state index contributed by atoms with van der Waals surface area (Å²) in [5.41, 5.74) is 2.33. The maximum atomic E-state index is 5.99. The smallest absolute Gasteiger partial charge is 0.129 e. The average molecular weight is 283 g/mol. The normalized spacial score (nSPS) is 16.9. The van der Waals surface area contributed by atoms with Crippen LogP contribution >= 0.6 is 11.6 Å². The van der Waals surface area contributed by atoms with Gasteiger partial charge < -0.3 is 9.64 Å². The highest BCUT2D eigenvalue weighted by Crippen LogP contribution is 2.22. The fourth-order valence-corrected chi connectivity index (χ4v) is 2.73. The van der Waals surface area contributed by atoms with Gasteiger partial charge in [-0.25, -0.2) is 4.98 Å². The highest BCUT2D eigenvalue weighted by Gasteiger charge is 2.20. The number of pyridine rings is 1. The molecule has 0 radical (unpaired) electrons. The van der Waals surface area contributed by atoms with E-state index >= 15 is 0 Å². The van der Waals surface area contributed by atoms with Gasteiger partial charge in [0.2, 0.25) is 0 Å². The van der Waals surface area contributed by atoms with Gasteiger partial charge in [0, 0.05) is 31.8 Å². The molecule has 4 heteroatoms. The van der Waals surface area contributed by atoms with Crippen molar-refractivity contribution >= 4 is 17.4 Å². The minimum Gasteiger partial charge on any atom is -0.381 e. The van der Waals surface area contributed by atoms with Gasteiger partial charge in [-0.05, 0) is 37.0 Å². The van der Waals surface area contributed by atoms with Crippen molar-refractivity contribution in [2.75, 3.05) is 25.1 Å². The fourth-order valence-electron chi connectivity index (χ4n) is 2.58. The zero-order chi connectivity index (χ0) is 13.7. The molecule has 0 spiro atoms. The standard InChI is InChI=1S/C15H23ClN2O/c1-3-4-13-9-12(11-16)10-15(17-13)18-7-5-14(19-2)6-8-18/h9-10,14H,3-8,11H2,1-2H3. The molecule has 1 aromatic heterocycles. The Bertz CT molecular complexity index is 403. The third-order valence-electron chi connectivity index (χ3n) is 3.68. The lowest BCUT2D eigenvalue weighted by Crippen LogP contribution is -2.37. The quantitative estimate of drug-likeness (QED) is 0.774. The van der Waals surface area contributed by atoms with Crippen LogP contribution < -0.4 is 4.90 Å². The molecule has 2 rings (SSSR count). The summed E-state index contributed by atoms with van der Waals surface area (Å²) < 4.78 is 5.41.